The summed E-state index contributed by atoms with van der Waals surface area (Å²) in [5, 5.41) is -0.0866. The van der Waals surface area contributed by atoms with E-state index in [0.29, 0.717) is 13.1 Å². The predicted octanol–water partition coefficient (Wildman–Crippen LogP) is 1.87. The van der Waals surface area contributed by atoms with Crippen molar-refractivity contribution in [2.24, 2.45) is 0 Å². The zero-order valence-corrected chi connectivity index (χ0v) is 10.4. The topological polar surface area (TPSA) is 23.6 Å². The Hall–Kier alpha value is -1.13. The molecule has 1 aliphatic rings. The summed E-state index contributed by atoms with van der Waals surface area (Å²) in [6, 6.07) is 4.32. The fourth-order valence-electron chi connectivity index (χ4n) is 1.85. The second-order valence-corrected chi connectivity index (χ2v) is 4.57. The number of benzene rings is 1. The molecule has 1 fully saturated rings. The second-order valence-electron chi connectivity index (χ2n) is 4.20. The van der Waals surface area contributed by atoms with Crippen LogP contribution in [0, 0.1) is 5.82 Å². The van der Waals surface area contributed by atoms with Crippen LogP contribution in [-0.4, -0.2) is 48.9 Å². The van der Waals surface area contributed by atoms with E-state index in [1.165, 1.54) is 12.1 Å². The first kappa shape index (κ1) is 12.3. The lowest BCUT2D eigenvalue weighted by atomic mass is 10.1. The maximum atomic E-state index is 13.3. The lowest BCUT2D eigenvalue weighted by molar-refractivity contribution is 0.0664. The highest BCUT2D eigenvalue weighted by atomic mass is 35.5. The second kappa shape index (κ2) is 5.02. The third-order valence-corrected chi connectivity index (χ3v) is 3.36. The van der Waals surface area contributed by atoms with E-state index in [4.69, 9.17) is 11.6 Å². The van der Waals surface area contributed by atoms with Gasteiger partial charge in [-0.25, -0.2) is 4.39 Å². The Morgan fingerprint density at radius 3 is 2.59 bits per heavy atom. The van der Waals surface area contributed by atoms with Crippen LogP contribution in [0.3, 0.4) is 0 Å². The highest BCUT2D eigenvalue weighted by molar-refractivity contribution is 6.34. The molecule has 92 valence electrons. The van der Waals surface area contributed by atoms with Crippen LogP contribution < -0.4 is 0 Å². The fraction of sp³-hybridized carbons (Fsp3) is 0.417. The van der Waals surface area contributed by atoms with Crippen LogP contribution in [0.5, 0.6) is 0 Å². The predicted molar refractivity (Wildman–Crippen MR) is 64.8 cm³/mol. The lowest BCUT2D eigenvalue weighted by Gasteiger charge is -2.32. The average molecular weight is 257 g/mol. The molecular formula is C12H14ClFN2O. The Kier molecular flexibility index (Phi) is 3.64. The van der Waals surface area contributed by atoms with Crippen LogP contribution in [0.15, 0.2) is 18.2 Å². The summed E-state index contributed by atoms with van der Waals surface area (Å²) in [6.45, 7) is 2.97. The maximum Gasteiger partial charge on any atom is 0.255 e. The Morgan fingerprint density at radius 1 is 1.29 bits per heavy atom. The van der Waals surface area contributed by atoms with E-state index in [1.807, 2.05) is 7.05 Å². The number of piperazine rings is 1. The highest BCUT2D eigenvalue weighted by Crippen LogP contribution is 2.21. The van der Waals surface area contributed by atoms with E-state index in [9.17, 15) is 9.18 Å². The van der Waals surface area contributed by atoms with Crippen molar-refractivity contribution in [3.63, 3.8) is 0 Å². The Balaban J connectivity index is 2.17. The van der Waals surface area contributed by atoms with Crippen LogP contribution in [0.1, 0.15) is 10.4 Å². The molecule has 0 unspecified atom stereocenters. The van der Waals surface area contributed by atoms with Crippen LogP contribution >= 0.6 is 11.6 Å². The summed E-state index contributed by atoms with van der Waals surface area (Å²) in [6.07, 6.45) is 0. The van der Waals surface area contributed by atoms with E-state index in [2.05, 4.69) is 4.90 Å². The van der Waals surface area contributed by atoms with Gasteiger partial charge < -0.3 is 9.80 Å². The van der Waals surface area contributed by atoms with Crippen LogP contribution in [0.2, 0.25) is 5.02 Å². The van der Waals surface area contributed by atoms with Crippen LogP contribution in [-0.2, 0) is 0 Å². The van der Waals surface area contributed by atoms with Crippen molar-refractivity contribution in [1.82, 2.24) is 9.80 Å². The number of nitrogens with zero attached hydrogens (tertiary/aromatic N) is 2. The highest BCUT2D eigenvalue weighted by Gasteiger charge is 2.22. The van der Waals surface area contributed by atoms with Crippen LogP contribution in [0.4, 0.5) is 4.39 Å². The van der Waals surface area contributed by atoms with Crippen molar-refractivity contribution in [3.8, 4) is 0 Å². The van der Waals surface area contributed by atoms with E-state index >= 15 is 0 Å². The Morgan fingerprint density at radius 2 is 1.94 bits per heavy atom. The third-order valence-electron chi connectivity index (χ3n) is 2.97. The standard InChI is InChI=1S/C12H14ClFN2O/c1-15-5-7-16(8-6-15)12(17)9-3-2-4-10(14)11(9)13/h2-4H,5-8H2,1H3. The molecule has 5 heteroatoms. The summed E-state index contributed by atoms with van der Waals surface area (Å²) < 4.78 is 13.3. The molecule has 1 aromatic carbocycles. The van der Waals surface area contributed by atoms with Gasteiger partial charge in [0.1, 0.15) is 5.82 Å². The molecule has 1 aliphatic heterocycles. The number of halogens is 2. The molecule has 0 atom stereocenters. The number of amides is 1. The fourth-order valence-corrected chi connectivity index (χ4v) is 2.06. The summed E-state index contributed by atoms with van der Waals surface area (Å²) in [5.74, 6) is -0.741. The Bertz CT molecular complexity index is 431. The van der Waals surface area contributed by atoms with Crippen LogP contribution in [0.25, 0.3) is 0 Å². The van der Waals surface area contributed by atoms with Crippen molar-refractivity contribution in [2.45, 2.75) is 0 Å². The van der Waals surface area contributed by atoms with Gasteiger partial charge in [-0.15, -0.1) is 0 Å². The first-order valence-corrected chi connectivity index (χ1v) is 5.89. The molecule has 3 nitrogen and oxygen atoms in total. The number of carbonyl (C=O) groups excluding carboxylic acids is 1. The molecule has 1 saturated heterocycles. The molecule has 17 heavy (non-hydrogen) atoms. The minimum Gasteiger partial charge on any atom is -0.336 e. The summed E-state index contributed by atoms with van der Waals surface area (Å²) in [5.41, 5.74) is 0.246. The van der Waals surface area contributed by atoms with Crippen molar-refractivity contribution in [3.05, 3.63) is 34.6 Å². The molecule has 0 bridgehead atoms. The number of hydrogen-bond donors (Lipinski definition) is 0. The first-order valence-electron chi connectivity index (χ1n) is 5.51. The van der Waals surface area contributed by atoms with Crippen molar-refractivity contribution < 1.29 is 9.18 Å². The van der Waals surface area contributed by atoms with Gasteiger partial charge >= 0.3 is 0 Å². The molecular weight excluding hydrogens is 243 g/mol. The Labute approximate surface area is 105 Å². The van der Waals surface area contributed by atoms with E-state index in [1.54, 1.807) is 11.0 Å². The molecule has 0 spiro atoms. The molecule has 1 aromatic rings. The summed E-state index contributed by atoms with van der Waals surface area (Å²) in [4.78, 5) is 16.0. The van der Waals surface area contributed by atoms with Gasteiger partial charge in [-0.3, -0.25) is 4.79 Å². The largest absolute Gasteiger partial charge is 0.336 e. The number of carbonyl (C=O) groups is 1. The summed E-state index contributed by atoms with van der Waals surface area (Å²) >= 11 is 5.80. The zero-order valence-electron chi connectivity index (χ0n) is 9.62. The van der Waals surface area contributed by atoms with Gasteiger partial charge in [0, 0.05) is 26.2 Å². The number of hydrogen-bond acceptors (Lipinski definition) is 2. The van der Waals surface area contributed by atoms with Crippen molar-refractivity contribution in [1.29, 1.82) is 0 Å². The molecule has 0 saturated carbocycles. The monoisotopic (exact) mass is 256 g/mol. The first-order chi connectivity index (χ1) is 8.09. The minimum absolute atomic E-state index is 0.0866. The van der Waals surface area contributed by atoms with E-state index in [0.717, 1.165) is 13.1 Å². The van der Waals surface area contributed by atoms with Gasteiger partial charge in [0.2, 0.25) is 0 Å². The molecule has 0 N–H and O–H groups in total. The normalized spacial score (nSPS) is 17.2. The van der Waals surface area contributed by atoms with Crippen molar-refractivity contribution >= 4 is 17.5 Å². The van der Waals surface area contributed by atoms with Crippen molar-refractivity contribution in [2.75, 3.05) is 33.2 Å². The van der Waals surface area contributed by atoms with E-state index < -0.39 is 5.82 Å². The number of likely N-dealkylation sites (N-methyl/N-ethyl adjacent to an activating group) is 1. The molecule has 0 aliphatic carbocycles. The molecule has 2 rings (SSSR count). The molecule has 1 heterocycles. The van der Waals surface area contributed by atoms with Gasteiger partial charge in [0.05, 0.1) is 10.6 Å². The smallest absolute Gasteiger partial charge is 0.255 e. The SMILES string of the molecule is CN1CCN(C(=O)c2cccc(F)c2Cl)CC1. The minimum atomic E-state index is -0.549. The zero-order chi connectivity index (χ0) is 12.4. The summed E-state index contributed by atoms with van der Waals surface area (Å²) in [7, 11) is 2.01. The molecule has 0 radical (unpaired) electrons. The van der Waals surface area contributed by atoms with Gasteiger partial charge in [0.25, 0.3) is 5.91 Å². The lowest BCUT2D eigenvalue weighted by Crippen LogP contribution is -2.47. The average Bonchev–Trinajstić information content (AvgIpc) is 2.33. The number of rotatable bonds is 1. The van der Waals surface area contributed by atoms with Gasteiger partial charge in [0.15, 0.2) is 0 Å². The quantitative estimate of drug-likeness (QED) is 0.766. The molecule has 0 aromatic heterocycles. The van der Waals surface area contributed by atoms with Gasteiger partial charge in [-0.1, -0.05) is 17.7 Å². The molecule has 1 amide bonds. The van der Waals surface area contributed by atoms with Gasteiger partial charge in [-0.2, -0.15) is 0 Å². The maximum absolute atomic E-state index is 13.3. The van der Waals surface area contributed by atoms with Gasteiger partial charge in [-0.05, 0) is 19.2 Å². The third kappa shape index (κ3) is 2.58. The van der Waals surface area contributed by atoms with E-state index in [-0.39, 0.29) is 16.5 Å².